The van der Waals surface area contributed by atoms with E-state index in [2.05, 4.69) is 5.32 Å². The summed E-state index contributed by atoms with van der Waals surface area (Å²) in [6.07, 6.45) is 6.36. The molecule has 1 unspecified atom stereocenters. The fourth-order valence-corrected chi connectivity index (χ4v) is 1.73. The van der Waals surface area contributed by atoms with Crippen LogP contribution in [-0.2, 0) is 11.3 Å². The Morgan fingerprint density at radius 1 is 1.73 bits per heavy atom. The molecular formula is C11H17N3O. The Kier molecular flexibility index (Phi) is 2.77. The number of carbonyl (C=O) groups excluding carboxylic acids is 1. The first kappa shape index (κ1) is 10.2. The van der Waals surface area contributed by atoms with Crippen LogP contribution in [0.2, 0.25) is 0 Å². The van der Waals surface area contributed by atoms with E-state index in [1.54, 1.807) is 7.05 Å². The molecule has 1 aliphatic carbocycles. The van der Waals surface area contributed by atoms with Gasteiger partial charge in [0.25, 0.3) is 0 Å². The molecule has 0 radical (unpaired) electrons. The van der Waals surface area contributed by atoms with Gasteiger partial charge in [-0.25, -0.2) is 0 Å². The number of nitrogens with one attached hydrogen (secondary N) is 1. The molecule has 0 aromatic carbocycles. The van der Waals surface area contributed by atoms with Crippen molar-refractivity contribution in [3.8, 4) is 0 Å². The van der Waals surface area contributed by atoms with Crippen molar-refractivity contribution in [2.75, 3.05) is 7.05 Å². The maximum Gasteiger partial charge on any atom is 0.239 e. The number of hydrogen-bond donors (Lipinski definition) is 2. The molecule has 0 saturated heterocycles. The monoisotopic (exact) mass is 207 g/mol. The lowest BCUT2D eigenvalue weighted by Gasteiger charge is -2.07. The molecule has 1 aromatic rings. The van der Waals surface area contributed by atoms with Gasteiger partial charge in [0.1, 0.15) is 6.54 Å². The Morgan fingerprint density at radius 2 is 2.47 bits per heavy atom. The fourth-order valence-electron chi connectivity index (χ4n) is 1.73. The highest BCUT2D eigenvalue weighted by Crippen LogP contribution is 2.39. The van der Waals surface area contributed by atoms with Crippen LogP contribution in [0.3, 0.4) is 0 Å². The summed E-state index contributed by atoms with van der Waals surface area (Å²) >= 11 is 0. The summed E-state index contributed by atoms with van der Waals surface area (Å²) in [6, 6.07) is 2.15. The molecular weight excluding hydrogens is 190 g/mol. The zero-order valence-electron chi connectivity index (χ0n) is 8.94. The average Bonchev–Trinajstić information content (AvgIpc) is 2.98. The number of carbonyl (C=O) groups is 1. The largest absolute Gasteiger partial charge is 0.358 e. The van der Waals surface area contributed by atoms with E-state index in [1.165, 1.54) is 12.8 Å². The van der Waals surface area contributed by atoms with Gasteiger partial charge in [-0.2, -0.15) is 0 Å². The molecule has 0 aliphatic heterocycles. The summed E-state index contributed by atoms with van der Waals surface area (Å²) in [7, 11) is 1.64. The summed E-state index contributed by atoms with van der Waals surface area (Å²) in [5.41, 5.74) is 7.20. The Balaban J connectivity index is 1.99. The van der Waals surface area contributed by atoms with E-state index in [-0.39, 0.29) is 11.9 Å². The van der Waals surface area contributed by atoms with E-state index in [0.29, 0.717) is 12.5 Å². The number of hydrogen-bond acceptors (Lipinski definition) is 2. The van der Waals surface area contributed by atoms with Crippen molar-refractivity contribution in [2.24, 2.45) is 11.7 Å². The quantitative estimate of drug-likeness (QED) is 0.761. The van der Waals surface area contributed by atoms with E-state index >= 15 is 0 Å². The van der Waals surface area contributed by atoms with Crippen LogP contribution in [-0.4, -0.2) is 17.5 Å². The first-order chi connectivity index (χ1) is 7.20. The van der Waals surface area contributed by atoms with Crippen LogP contribution in [0.5, 0.6) is 0 Å². The smallest absolute Gasteiger partial charge is 0.239 e. The standard InChI is InChI=1S/C11H17N3O/c1-13-10(15)7-14-5-4-9(6-14)11(12)8-2-3-8/h4-6,8,11H,2-3,7,12H2,1H3,(H,13,15). The number of amides is 1. The number of aromatic nitrogens is 1. The van der Waals surface area contributed by atoms with Gasteiger partial charge in [0.05, 0.1) is 0 Å². The highest BCUT2D eigenvalue weighted by molar-refractivity contribution is 5.75. The van der Waals surface area contributed by atoms with Gasteiger partial charge in [-0.15, -0.1) is 0 Å². The molecule has 4 nitrogen and oxygen atoms in total. The summed E-state index contributed by atoms with van der Waals surface area (Å²) in [5, 5.41) is 2.60. The van der Waals surface area contributed by atoms with Crippen molar-refractivity contribution in [1.82, 2.24) is 9.88 Å². The second kappa shape index (κ2) is 4.06. The molecule has 1 aromatic heterocycles. The molecule has 15 heavy (non-hydrogen) atoms. The molecule has 2 rings (SSSR count). The van der Waals surface area contributed by atoms with Crippen LogP contribution in [0.4, 0.5) is 0 Å². The summed E-state index contributed by atoms with van der Waals surface area (Å²) in [5.74, 6) is 0.665. The van der Waals surface area contributed by atoms with Gasteiger partial charge in [-0.3, -0.25) is 4.79 Å². The second-order valence-electron chi connectivity index (χ2n) is 4.15. The maximum atomic E-state index is 11.1. The molecule has 82 valence electrons. The Morgan fingerprint density at radius 3 is 3.07 bits per heavy atom. The third-order valence-corrected chi connectivity index (χ3v) is 2.89. The van der Waals surface area contributed by atoms with Crippen molar-refractivity contribution in [2.45, 2.75) is 25.4 Å². The number of likely N-dealkylation sites (N-methyl/N-ethyl adjacent to an activating group) is 1. The second-order valence-corrected chi connectivity index (χ2v) is 4.15. The molecule has 0 spiro atoms. The Hall–Kier alpha value is -1.29. The summed E-state index contributed by atoms with van der Waals surface area (Å²) < 4.78 is 1.87. The highest BCUT2D eigenvalue weighted by Gasteiger charge is 2.29. The minimum absolute atomic E-state index is 0.0112. The van der Waals surface area contributed by atoms with Crippen molar-refractivity contribution >= 4 is 5.91 Å². The zero-order chi connectivity index (χ0) is 10.8. The van der Waals surface area contributed by atoms with Gasteiger partial charge >= 0.3 is 0 Å². The minimum Gasteiger partial charge on any atom is -0.358 e. The molecule has 1 fully saturated rings. The van der Waals surface area contributed by atoms with Crippen molar-refractivity contribution in [3.05, 3.63) is 24.0 Å². The SMILES string of the molecule is CNC(=O)Cn1ccc(C(N)C2CC2)c1. The molecule has 1 saturated carbocycles. The predicted molar refractivity (Wildman–Crippen MR) is 58.2 cm³/mol. The van der Waals surface area contributed by atoms with Crippen LogP contribution < -0.4 is 11.1 Å². The van der Waals surface area contributed by atoms with E-state index in [1.807, 2.05) is 23.0 Å². The molecule has 4 heteroatoms. The van der Waals surface area contributed by atoms with Crippen LogP contribution in [0.1, 0.15) is 24.4 Å². The van der Waals surface area contributed by atoms with E-state index < -0.39 is 0 Å². The molecule has 1 atom stereocenters. The molecule has 1 aliphatic rings. The lowest BCUT2D eigenvalue weighted by molar-refractivity contribution is -0.121. The Labute approximate surface area is 89.5 Å². The number of nitrogens with zero attached hydrogens (tertiary/aromatic N) is 1. The van der Waals surface area contributed by atoms with Gasteiger partial charge in [0, 0.05) is 25.5 Å². The van der Waals surface area contributed by atoms with Crippen LogP contribution in [0.15, 0.2) is 18.5 Å². The first-order valence-corrected chi connectivity index (χ1v) is 5.32. The van der Waals surface area contributed by atoms with Crippen molar-refractivity contribution in [3.63, 3.8) is 0 Å². The topological polar surface area (TPSA) is 60.0 Å². The first-order valence-electron chi connectivity index (χ1n) is 5.32. The van der Waals surface area contributed by atoms with Gasteiger partial charge in [-0.1, -0.05) is 0 Å². The van der Waals surface area contributed by atoms with Gasteiger partial charge in [0.2, 0.25) is 5.91 Å². The van der Waals surface area contributed by atoms with Crippen LogP contribution >= 0.6 is 0 Å². The van der Waals surface area contributed by atoms with E-state index in [9.17, 15) is 4.79 Å². The maximum absolute atomic E-state index is 11.1. The third-order valence-electron chi connectivity index (χ3n) is 2.89. The van der Waals surface area contributed by atoms with Crippen LogP contribution in [0, 0.1) is 5.92 Å². The van der Waals surface area contributed by atoms with E-state index in [4.69, 9.17) is 5.73 Å². The van der Waals surface area contributed by atoms with Crippen molar-refractivity contribution in [1.29, 1.82) is 0 Å². The zero-order valence-corrected chi connectivity index (χ0v) is 8.94. The average molecular weight is 207 g/mol. The highest BCUT2D eigenvalue weighted by atomic mass is 16.1. The summed E-state index contributed by atoms with van der Waals surface area (Å²) in [4.78, 5) is 11.1. The van der Waals surface area contributed by atoms with Gasteiger partial charge < -0.3 is 15.6 Å². The molecule has 3 N–H and O–H groups in total. The van der Waals surface area contributed by atoms with E-state index in [0.717, 1.165) is 5.56 Å². The predicted octanol–water partition coefficient (Wildman–Crippen LogP) is 0.644. The number of nitrogens with two attached hydrogens (primary N) is 1. The molecule has 1 amide bonds. The van der Waals surface area contributed by atoms with Gasteiger partial charge in [-0.05, 0) is 30.4 Å². The molecule has 0 bridgehead atoms. The van der Waals surface area contributed by atoms with Crippen LogP contribution in [0.25, 0.3) is 0 Å². The van der Waals surface area contributed by atoms with Gasteiger partial charge in [0.15, 0.2) is 0 Å². The fraction of sp³-hybridized carbons (Fsp3) is 0.545. The lowest BCUT2D eigenvalue weighted by atomic mass is 10.1. The molecule has 1 heterocycles. The van der Waals surface area contributed by atoms with Crippen molar-refractivity contribution < 1.29 is 4.79 Å². The normalized spacial score (nSPS) is 17.5. The Bertz CT molecular complexity index is 354. The summed E-state index contributed by atoms with van der Waals surface area (Å²) in [6.45, 7) is 0.369. The number of rotatable bonds is 4. The third kappa shape index (κ3) is 2.39. The lowest BCUT2D eigenvalue weighted by Crippen LogP contribution is -2.22. The minimum atomic E-state index is 0.0112.